The summed E-state index contributed by atoms with van der Waals surface area (Å²) in [6.45, 7) is 7.00. The molecule has 3 nitrogen and oxygen atoms in total. The van der Waals surface area contributed by atoms with Gasteiger partial charge in [0, 0.05) is 36.9 Å². The molecule has 3 rings (SSSR count). The Hall–Kier alpha value is -1.13. The molecule has 1 aromatic carbocycles. The van der Waals surface area contributed by atoms with Gasteiger partial charge in [-0.1, -0.05) is 6.07 Å². The Morgan fingerprint density at radius 3 is 2.50 bits per heavy atom. The van der Waals surface area contributed by atoms with Gasteiger partial charge in [-0.2, -0.15) is 0 Å². The minimum absolute atomic E-state index is 0.0567. The quantitative estimate of drug-likeness (QED) is 0.928. The minimum atomic E-state index is -0.0567. The van der Waals surface area contributed by atoms with Crippen molar-refractivity contribution in [3.05, 3.63) is 29.6 Å². The second kappa shape index (κ2) is 6.97. The average Bonchev–Trinajstić information content (AvgIpc) is 3.04. The summed E-state index contributed by atoms with van der Waals surface area (Å²) in [6, 6.07) is 5.80. The van der Waals surface area contributed by atoms with Crippen molar-refractivity contribution in [3.63, 3.8) is 0 Å². The molecule has 2 fully saturated rings. The minimum Gasteiger partial charge on any atom is -0.371 e. The third kappa shape index (κ3) is 3.44. The first-order chi connectivity index (χ1) is 10.6. The fourth-order valence-corrected chi connectivity index (χ4v) is 3.82. The van der Waals surface area contributed by atoms with Gasteiger partial charge in [-0.25, -0.2) is 4.39 Å². The van der Waals surface area contributed by atoms with Gasteiger partial charge < -0.3 is 10.6 Å². The Labute approximate surface area is 133 Å². The van der Waals surface area contributed by atoms with Crippen molar-refractivity contribution < 1.29 is 4.39 Å². The molecule has 2 heterocycles. The molecule has 0 saturated carbocycles. The van der Waals surface area contributed by atoms with Crippen LogP contribution in [0.25, 0.3) is 0 Å². The highest BCUT2D eigenvalue weighted by Gasteiger charge is 2.24. The number of halogens is 1. The average molecular weight is 305 g/mol. The molecule has 1 aromatic rings. The van der Waals surface area contributed by atoms with E-state index in [2.05, 4.69) is 22.8 Å². The molecule has 22 heavy (non-hydrogen) atoms. The first-order valence-electron chi connectivity index (χ1n) is 8.65. The third-order valence-electron chi connectivity index (χ3n) is 5.30. The summed E-state index contributed by atoms with van der Waals surface area (Å²) in [6.07, 6.45) is 4.70. The van der Waals surface area contributed by atoms with E-state index in [9.17, 15) is 4.39 Å². The van der Waals surface area contributed by atoms with Gasteiger partial charge in [0.05, 0.1) is 0 Å². The van der Waals surface area contributed by atoms with E-state index in [0.29, 0.717) is 5.92 Å². The molecule has 0 spiro atoms. The number of hydrogen-bond acceptors (Lipinski definition) is 3. The van der Waals surface area contributed by atoms with Crippen LogP contribution in [-0.2, 0) is 6.54 Å². The number of piperidine rings is 1. The summed E-state index contributed by atoms with van der Waals surface area (Å²) in [5.74, 6) is 0.564. The molecule has 0 radical (unpaired) electrons. The first-order valence-corrected chi connectivity index (χ1v) is 8.65. The second-order valence-electron chi connectivity index (χ2n) is 6.90. The zero-order chi connectivity index (χ0) is 15.5. The van der Waals surface area contributed by atoms with Crippen LogP contribution < -0.4 is 10.6 Å². The van der Waals surface area contributed by atoms with E-state index in [1.165, 1.54) is 12.8 Å². The van der Waals surface area contributed by atoms with E-state index >= 15 is 0 Å². The second-order valence-corrected chi connectivity index (χ2v) is 6.90. The van der Waals surface area contributed by atoms with Crippen LogP contribution in [0.2, 0.25) is 0 Å². The summed E-state index contributed by atoms with van der Waals surface area (Å²) < 4.78 is 14.4. The van der Waals surface area contributed by atoms with Crippen LogP contribution in [-0.4, -0.2) is 37.1 Å². The molecule has 0 aromatic heterocycles. The molecule has 0 bridgehead atoms. The zero-order valence-corrected chi connectivity index (χ0v) is 13.6. The highest BCUT2D eigenvalue weighted by Crippen LogP contribution is 2.29. The molecule has 2 saturated heterocycles. The number of nitrogens with zero attached hydrogens (tertiary/aromatic N) is 2. The summed E-state index contributed by atoms with van der Waals surface area (Å²) >= 11 is 0. The van der Waals surface area contributed by atoms with Gasteiger partial charge in [-0.15, -0.1) is 0 Å². The van der Waals surface area contributed by atoms with Crippen molar-refractivity contribution in [2.24, 2.45) is 11.7 Å². The number of benzene rings is 1. The predicted molar refractivity (Wildman–Crippen MR) is 89.5 cm³/mol. The van der Waals surface area contributed by atoms with Crippen molar-refractivity contribution in [1.82, 2.24) is 4.90 Å². The molecule has 1 unspecified atom stereocenters. The van der Waals surface area contributed by atoms with Crippen LogP contribution in [0.4, 0.5) is 10.1 Å². The highest BCUT2D eigenvalue weighted by atomic mass is 19.1. The lowest BCUT2D eigenvalue weighted by Gasteiger charge is -2.34. The molecular weight excluding hydrogens is 277 g/mol. The van der Waals surface area contributed by atoms with Crippen LogP contribution in [0.5, 0.6) is 0 Å². The highest BCUT2D eigenvalue weighted by molar-refractivity contribution is 5.54. The van der Waals surface area contributed by atoms with E-state index in [0.717, 1.165) is 56.8 Å². The standard InChI is InChI=1S/C18H28FN3/c1-14(20)15-7-11-21(12-8-15)13-16-17(19)5-4-6-18(16)22-9-2-3-10-22/h4-6,14-15H,2-3,7-13,20H2,1H3. The van der Waals surface area contributed by atoms with Crippen molar-refractivity contribution in [1.29, 1.82) is 0 Å². The van der Waals surface area contributed by atoms with E-state index in [1.54, 1.807) is 6.07 Å². The van der Waals surface area contributed by atoms with Gasteiger partial charge in [0.2, 0.25) is 0 Å². The van der Waals surface area contributed by atoms with Crippen LogP contribution in [0.1, 0.15) is 38.2 Å². The molecule has 2 aliphatic heterocycles. The number of anilines is 1. The van der Waals surface area contributed by atoms with Gasteiger partial charge in [0.1, 0.15) is 5.82 Å². The Kier molecular flexibility index (Phi) is 4.99. The maximum Gasteiger partial charge on any atom is 0.129 e. The maximum absolute atomic E-state index is 14.4. The topological polar surface area (TPSA) is 32.5 Å². The van der Waals surface area contributed by atoms with E-state index < -0.39 is 0 Å². The predicted octanol–water partition coefficient (Wildman–Crippen LogP) is 2.99. The third-order valence-corrected chi connectivity index (χ3v) is 5.30. The first kappa shape index (κ1) is 15.8. The normalized spacial score (nSPS) is 22.2. The Bertz CT molecular complexity index is 489. The van der Waals surface area contributed by atoms with E-state index in [1.807, 2.05) is 6.07 Å². The molecule has 2 N–H and O–H groups in total. The maximum atomic E-state index is 14.4. The lowest BCUT2D eigenvalue weighted by molar-refractivity contribution is 0.164. The van der Waals surface area contributed by atoms with Gasteiger partial charge >= 0.3 is 0 Å². The number of nitrogens with two attached hydrogens (primary N) is 1. The Morgan fingerprint density at radius 1 is 1.18 bits per heavy atom. The van der Waals surface area contributed by atoms with Crippen LogP contribution in [0, 0.1) is 11.7 Å². The molecule has 0 aliphatic carbocycles. The molecular formula is C18H28FN3. The van der Waals surface area contributed by atoms with E-state index in [-0.39, 0.29) is 11.9 Å². The van der Waals surface area contributed by atoms with Crippen molar-refractivity contribution in [2.75, 3.05) is 31.1 Å². The Balaban J connectivity index is 1.70. The van der Waals surface area contributed by atoms with Gasteiger partial charge in [-0.05, 0) is 63.7 Å². The number of likely N-dealkylation sites (tertiary alicyclic amines) is 1. The smallest absolute Gasteiger partial charge is 0.129 e. The van der Waals surface area contributed by atoms with Gasteiger partial charge in [0.15, 0.2) is 0 Å². The molecule has 122 valence electrons. The molecule has 4 heteroatoms. The summed E-state index contributed by atoms with van der Waals surface area (Å²) in [7, 11) is 0. The Morgan fingerprint density at radius 2 is 1.86 bits per heavy atom. The van der Waals surface area contributed by atoms with Crippen molar-refractivity contribution in [3.8, 4) is 0 Å². The van der Waals surface area contributed by atoms with Crippen molar-refractivity contribution in [2.45, 2.75) is 45.2 Å². The zero-order valence-electron chi connectivity index (χ0n) is 13.6. The van der Waals surface area contributed by atoms with Crippen LogP contribution in [0.3, 0.4) is 0 Å². The lowest BCUT2D eigenvalue weighted by Crippen LogP contribution is -2.39. The molecule has 2 aliphatic rings. The fourth-order valence-electron chi connectivity index (χ4n) is 3.82. The molecule has 0 amide bonds. The monoisotopic (exact) mass is 305 g/mol. The summed E-state index contributed by atoms with van der Waals surface area (Å²) in [4.78, 5) is 4.73. The van der Waals surface area contributed by atoms with Crippen LogP contribution >= 0.6 is 0 Å². The van der Waals surface area contributed by atoms with Crippen molar-refractivity contribution >= 4 is 5.69 Å². The number of hydrogen-bond donors (Lipinski definition) is 1. The van der Waals surface area contributed by atoms with Gasteiger partial charge in [-0.3, -0.25) is 4.90 Å². The largest absolute Gasteiger partial charge is 0.371 e. The van der Waals surface area contributed by atoms with Gasteiger partial charge in [0.25, 0.3) is 0 Å². The SMILES string of the molecule is CC(N)C1CCN(Cc2c(F)cccc2N2CCCC2)CC1. The van der Waals surface area contributed by atoms with Crippen LogP contribution in [0.15, 0.2) is 18.2 Å². The van der Waals surface area contributed by atoms with E-state index in [4.69, 9.17) is 5.73 Å². The summed E-state index contributed by atoms with van der Waals surface area (Å²) in [5.41, 5.74) is 7.99. The molecule has 1 atom stereocenters. The lowest BCUT2D eigenvalue weighted by atomic mass is 9.90. The summed E-state index contributed by atoms with van der Waals surface area (Å²) in [5, 5.41) is 0. The number of rotatable bonds is 4. The fraction of sp³-hybridized carbons (Fsp3) is 0.667.